The maximum absolute atomic E-state index is 14.0. The van der Waals surface area contributed by atoms with Gasteiger partial charge in [0, 0.05) is 34.1 Å². The van der Waals surface area contributed by atoms with Crippen molar-refractivity contribution in [2.24, 2.45) is 0 Å². The smallest absolute Gasteiger partial charge is 0.154 e. The quantitative estimate of drug-likeness (QED) is 0.909. The average molecular weight is 296 g/mol. The molecule has 0 unspecified atom stereocenters. The van der Waals surface area contributed by atoms with Crippen LogP contribution in [0.3, 0.4) is 0 Å². The second kappa shape index (κ2) is 6.03. The van der Waals surface area contributed by atoms with Gasteiger partial charge in [-0.05, 0) is 32.9 Å². The van der Waals surface area contributed by atoms with Crippen molar-refractivity contribution in [1.29, 1.82) is 0 Å². The summed E-state index contributed by atoms with van der Waals surface area (Å²) < 4.78 is 14.9. The number of rotatable bonds is 4. The van der Waals surface area contributed by atoms with Gasteiger partial charge < -0.3 is 5.32 Å². The number of halogens is 1. The van der Waals surface area contributed by atoms with Crippen LogP contribution in [0.15, 0.2) is 39.0 Å². The normalized spacial score (nSPS) is 11.8. The molecule has 102 valence electrons. The van der Waals surface area contributed by atoms with E-state index in [0.29, 0.717) is 12.1 Å². The maximum Gasteiger partial charge on any atom is 0.154 e. The second-order valence-electron chi connectivity index (χ2n) is 5.22. The Balaban J connectivity index is 2.20. The number of nitrogens with one attached hydrogen (secondary N) is 1. The molecule has 1 heterocycles. The van der Waals surface area contributed by atoms with Crippen LogP contribution in [0.1, 0.15) is 26.3 Å². The molecule has 0 atom stereocenters. The highest BCUT2D eigenvalue weighted by Crippen LogP contribution is 2.32. The van der Waals surface area contributed by atoms with Gasteiger partial charge in [-0.2, -0.15) is 0 Å². The van der Waals surface area contributed by atoms with Gasteiger partial charge in [0.05, 0.1) is 0 Å². The molecule has 1 aromatic heterocycles. The van der Waals surface area contributed by atoms with E-state index in [9.17, 15) is 4.39 Å². The second-order valence-corrected chi connectivity index (χ2v) is 7.40. The standard InChI is InChI=1S/C14H17FN2S2/c1-14(2,3)17-9-10-11(15)5-4-6-12(10)19-13-16-7-8-18-13/h4-8,17H,9H2,1-3H3. The lowest BCUT2D eigenvalue weighted by atomic mass is 10.1. The highest BCUT2D eigenvalue weighted by atomic mass is 32.2. The predicted molar refractivity (Wildman–Crippen MR) is 79.2 cm³/mol. The van der Waals surface area contributed by atoms with Crippen LogP contribution >= 0.6 is 23.1 Å². The molecular weight excluding hydrogens is 279 g/mol. The lowest BCUT2D eigenvalue weighted by Gasteiger charge is -2.21. The van der Waals surface area contributed by atoms with Crippen molar-refractivity contribution >= 4 is 23.1 Å². The minimum Gasteiger partial charge on any atom is -0.308 e. The molecule has 2 nitrogen and oxygen atoms in total. The molecule has 0 spiro atoms. The molecule has 0 aliphatic heterocycles. The highest BCUT2D eigenvalue weighted by Gasteiger charge is 2.14. The molecule has 2 rings (SSSR count). The number of benzene rings is 1. The Morgan fingerprint density at radius 2 is 2.16 bits per heavy atom. The fourth-order valence-corrected chi connectivity index (χ4v) is 3.24. The van der Waals surface area contributed by atoms with Crippen LogP contribution in [0.5, 0.6) is 0 Å². The number of hydrogen-bond acceptors (Lipinski definition) is 4. The third kappa shape index (κ3) is 4.30. The van der Waals surface area contributed by atoms with Crippen LogP contribution in [-0.4, -0.2) is 10.5 Å². The summed E-state index contributed by atoms with van der Waals surface area (Å²) in [7, 11) is 0. The summed E-state index contributed by atoms with van der Waals surface area (Å²) in [6.07, 6.45) is 1.76. The Kier molecular flexibility index (Phi) is 4.60. The van der Waals surface area contributed by atoms with E-state index in [2.05, 4.69) is 31.1 Å². The number of nitrogens with zero attached hydrogens (tertiary/aromatic N) is 1. The van der Waals surface area contributed by atoms with Gasteiger partial charge in [-0.1, -0.05) is 17.8 Å². The molecule has 0 amide bonds. The molecule has 1 N–H and O–H groups in total. The van der Waals surface area contributed by atoms with Crippen LogP contribution in [-0.2, 0) is 6.54 Å². The molecule has 19 heavy (non-hydrogen) atoms. The molecular formula is C14H17FN2S2. The fraction of sp³-hybridized carbons (Fsp3) is 0.357. The topological polar surface area (TPSA) is 24.9 Å². The molecule has 0 fully saturated rings. The van der Waals surface area contributed by atoms with Gasteiger partial charge in [-0.3, -0.25) is 0 Å². The van der Waals surface area contributed by atoms with Crippen LogP contribution in [0.4, 0.5) is 4.39 Å². The van der Waals surface area contributed by atoms with Gasteiger partial charge in [0.1, 0.15) is 5.82 Å². The molecule has 0 bridgehead atoms. The minimum absolute atomic E-state index is 0.0363. The molecule has 0 aliphatic rings. The van der Waals surface area contributed by atoms with E-state index in [4.69, 9.17) is 0 Å². The predicted octanol–water partition coefficient (Wildman–Crippen LogP) is 4.32. The summed E-state index contributed by atoms with van der Waals surface area (Å²) >= 11 is 3.08. The SMILES string of the molecule is CC(C)(C)NCc1c(F)cccc1Sc1nccs1. The molecule has 0 aliphatic carbocycles. The highest BCUT2D eigenvalue weighted by molar-refractivity contribution is 8.01. The zero-order valence-electron chi connectivity index (χ0n) is 11.2. The largest absolute Gasteiger partial charge is 0.308 e. The molecule has 0 saturated heterocycles. The average Bonchev–Trinajstić information content (AvgIpc) is 2.79. The molecule has 0 radical (unpaired) electrons. The lowest BCUT2D eigenvalue weighted by molar-refractivity contribution is 0.416. The Bertz CT molecular complexity index is 533. The Hall–Kier alpha value is -0.910. The molecule has 2 aromatic rings. The summed E-state index contributed by atoms with van der Waals surface area (Å²) in [6, 6.07) is 5.19. The first-order valence-corrected chi connectivity index (χ1v) is 7.75. The van der Waals surface area contributed by atoms with Crippen LogP contribution in [0, 0.1) is 5.82 Å². The monoisotopic (exact) mass is 296 g/mol. The number of hydrogen-bond donors (Lipinski definition) is 1. The van der Waals surface area contributed by atoms with Gasteiger partial charge in [0.15, 0.2) is 4.34 Å². The van der Waals surface area contributed by atoms with Gasteiger partial charge in [-0.25, -0.2) is 9.37 Å². The van der Waals surface area contributed by atoms with E-state index < -0.39 is 0 Å². The van der Waals surface area contributed by atoms with E-state index in [1.165, 1.54) is 17.8 Å². The van der Waals surface area contributed by atoms with Crippen molar-refractivity contribution in [1.82, 2.24) is 10.3 Å². The van der Waals surface area contributed by atoms with Crippen molar-refractivity contribution in [3.8, 4) is 0 Å². The minimum atomic E-state index is -0.168. The van der Waals surface area contributed by atoms with Crippen molar-refractivity contribution in [2.75, 3.05) is 0 Å². The fourth-order valence-electron chi connectivity index (χ4n) is 1.51. The van der Waals surface area contributed by atoms with E-state index in [0.717, 1.165) is 9.24 Å². The van der Waals surface area contributed by atoms with Gasteiger partial charge in [0.25, 0.3) is 0 Å². The number of aromatic nitrogens is 1. The lowest BCUT2D eigenvalue weighted by Crippen LogP contribution is -2.35. The van der Waals surface area contributed by atoms with Crippen molar-refractivity contribution in [3.63, 3.8) is 0 Å². The van der Waals surface area contributed by atoms with Crippen molar-refractivity contribution in [3.05, 3.63) is 41.2 Å². The van der Waals surface area contributed by atoms with Crippen molar-refractivity contribution in [2.45, 2.75) is 42.1 Å². The number of thiazole rings is 1. The molecule has 5 heteroatoms. The van der Waals surface area contributed by atoms with E-state index >= 15 is 0 Å². The third-order valence-corrected chi connectivity index (χ3v) is 4.46. The maximum atomic E-state index is 14.0. The molecule has 1 aromatic carbocycles. The summed E-state index contributed by atoms with van der Waals surface area (Å²) in [5.41, 5.74) is 0.670. The van der Waals surface area contributed by atoms with Crippen LogP contribution < -0.4 is 5.32 Å². The summed E-state index contributed by atoms with van der Waals surface area (Å²) in [4.78, 5) is 5.15. The van der Waals surface area contributed by atoms with Gasteiger partial charge in [-0.15, -0.1) is 11.3 Å². The van der Waals surface area contributed by atoms with Crippen LogP contribution in [0.2, 0.25) is 0 Å². The van der Waals surface area contributed by atoms with E-state index in [1.807, 2.05) is 11.4 Å². The summed E-state index contributed by atoms with van der Waals surface area (Å²) in [5, 5.41) is 5.25. The summed E-state index contributed by atoms with van der Waals surface area (Å²) in [5.74, 6) is -0.168. The van der Waals surface area contributed by atoms with E-state index in [-0.39, 0.29) is 11.4 Å². The first kappa shape index (κ1) is 14.5. The Morgan fingerprint density at radius 3 is 2.79 bits per heavy atom. The Morgan fingerprint density at radius 1 is 1.37 bits per heavy atom. The molecule has 0 saturated carbocycles. The zero-order valence-corrected chi connectivity index (χ0v) is 12.9. The van der Waals surface area contributed by atoms with Gasteiger partial charge >= 0.3 is 0 Å². The van der Waals surface area contributed by atoms with Gasteiger partial charge in [0.2, 0.25) is 0 Å². The zero-order chi connectivity index (χ0) is 13.9. The summed E-state index contributed by atoms with van der Waals surface area (Å²) in [6.45, 7) is 6.73. The third-order valence-electron chi connectivity index (χ3n) is 2.48. The first-order chi connectivity index (χ1) is 8.96. The van der Waals surface area contributed by atoms with E-state index in [1.54, 1.807) is 23.6 Å². The first-order valence-electron chi connectivity index (χ1n) is 6.05. The van der Waals surface area contributed by atoms with Crippen molar-refractivity contribution < 1.29 is 4.39 Å². The van der Waals surface area contributed by atoms with Crippen LogP contribution in [0.25, 0.3) is 0 Å². The Labute approximate surface area is 121 Å².